The van der Waals surface area contributed by atoms with E-state index < -0.39 is 10.0 Å². The summed E-state index contributed by atoms with van der Waals surface area (Å²) in [7, 11) is -3.15. The fourth-order valence-corrected chi connectivity index (χ4v) is 5.43. The second-order valence-corrected chi connectivity index (χ2v) is 9.65. The third-order valence-electron chi connectivity index (χ3n) is 4.97. The van der Waals surface area contributed by atoms with Gasteiger partial charge in [-0.05, 0) is 36.8 Å². The molecule has 1 amide bonds. The molecule has 0 bridgehead atoms. The van der Waals surface area contributed by atoms with Gasteiger partial charge in [0, 0.05) is 31.1 Å². The van der Waals surface area contributed by atoms with Crippen LogP contribution in [0.25, 0.3) is 0 Å². The molecule has 1 unspecified atom stereocenters. The number of thiophene rings is 1. The summed E-state index contributed by atoms with van der Waals surface area (Å²) in [5, 5.41) is 0. The lowest BCUT2D eigenvalue weighted by molar-refractivity contribution is 0.0703. The molecule has 23 heavy (non-hydrogen) atoms. The highest BCUT2D eigenvalue weighted by molar-refractivity contribution is 7.88. The first-order valence-corrected chi connectivity index (χ1v) is 10.9. The van der Waals surface area contributed by atoms with Crippen molar-refractivity contribution in [3.63, 3.8) is 0 Å². The molecule has 0 saturated carbocycles. The highest BCUT2D eigenvalue weighted by Gasteiger charge is 2.29. The second-order valence-electron chi connectivity index (χ2n) is 6.53. The van der Waals surface area contributed by atoms with Crippen LogP contribution in [0.3, 0.4) is 0 Å². The molecule has 0 aromatic carbocycles. The van der Waals surface area contributed by atoms with Gasteiger partial charge in [-0.3, -0.25) is 4.79 Å². The van der Waals surface area contributed by atoms with Gasteiger partial charge in [0.25, 0.3) is 5.91 Å². The Labute approximate surface area is 142 Å². The average Bonchev–Trinajstić information content (AvgIpc) is 2.96. The maximum Gasteiger partial charge on any atom is 0.264 e. The summed E-state index contributed by atoms with van der Waals surface area (Å²) >= 11 is 1.63. The summed E-state index contributed by atoms with van der Waals surface area (Å²) in [6, 6.07) is 2.08. The number of rotatable bonds is 3. The third-order valence-corrected chi connectivity index (χ3v) is 7.50. The van der Waals surface area contributed by atoms with Crippen molar-refractivity contribution in [2.45, 2.75) is 32.6 Å². The van der Waals surface area contributed by atoms with Crippen molar-refractivity contribution in [3.8, 4) is 0 Å². The summed E-state index contributed by atoms with van der Waals surface area (Å²) in [6.45, 7) is 3.98. The lowest BCUT2D eigenvalue weighted by Crippen LogP contribution is -2.50. The summed E-state index contributed by atoms with van der Waals surface area (Å²) in [5.41, 5.74) is 1.35. The first-order chi connectivity index (χ1) is 10.9. The molecule has 1 saturated heterocycles. The number of piperazine rings is 1. The molecule has 0 N–H and O–H groups in total. The highest BCUT2D eigenvalue weighted by Crippen LogP contribution is 2.34. The largest absolute Gasteiger partial charge is 0.335 e. The van der Waals surface area contributed by atoms with E-state index in [0.717, 1.165) is 23.6 Å². The SMILES string of the molecule is CCC1CCc2sc(C(=O)N3CCN(S(C)(=O)=O)CC3)cc2C1. The number of aryl methyl sites for hydroxylation is 1. The minimum Gasteiger partial charge on any atom is -0.335 e. The van der Waals surface area contributed by atoms with Crippen LogP contribution in [0.15, 0.2) is 6.07 Å². The highest BCUT2D eigenvalue weighted by atomic mass is 32.2. The van der Waals surface area contributed by atoms with E-state index in [1.165, 1.54) is 33.8 Å². The molecule has 1 fully saturated rings. The van der Waals surface area contributed by atoms with Crippen molar-refractivity contribution in [3.05, 3.63) is 21.4 Å². The monoisotopic (exact) mass is 356 g/mol. The maximum atomic E-state index is 12.7. The van der Waals surface area contributed by atoms with E-state index in [2.05, 4.69) is 13.0 Å². The van der Waals surface area contributed by atoms with Crippen molar-refractivity contribution in [2.75, 3.05) is 32.4 Å². The van der Waals surface area contributed by atoms with E-state index >= 15 is 0 Å². The van der Waals surface area contributed by atoms with E-state index in [-0.39, 0.29) is 5.91 Å². The van der Waals surface area contributed by atoms with Crippen molar-refractivity contribution >= 4 is 27.3 Å². The summed E-state index contributed by atoms with van der Waals surface area (Å²) in [4.78, 5) is 16.7. The van der Waals surface area contributed by atoms with E-state index in [1.807, 2.05) is 0 Å². The number of nitrogens with zero attached hydrogens (tertiary/aromatic N) is 2. The quantitative estimate of drug-likeness (QED) is 0.832. The third kappa shape index (κ3) is 3.61. The Balaban J connectivity index is 1.67. The number of carbonyl (C=O) groups is 1. The van der Waals surface area contributed by atoms with Gasteiger partial charge in [-0.1, -0.05) is 13.3 Å². The number of hydrogen-bond acceptors (Lipinski definition) is 4. The molecule has 1 aromatic heterocycles. The fourth-order valence-electron chi connectivity index (χ4n) is 3.43. The standard InChI is InChI=1S/C16H24N2O3S2/c1-3-12-4-5-14-13(10-12)11-15(22-14)16(19)17-6-8-18(9-7-17)23(2,20)21/h11-12H,3-10H2,1-2H3. The van der Waals surface area contributed by atoms with Gasteiger partial charge in [0.2, 0.25) is 10.0 Å². The second kappa shape index (κ2) is 6.53. The van der Waals surface area contributed by atoms with Crippen LogP contribution in [0.2, 0.25) is 0 Å². The zero-order valence-electron chi connectivity index (χ0n) is 13.7. The molecular formula is C16H24N2O3S2. The number of carbonyl (C=O) groups excluding carboxylic acids is 1. The zero-order valence-corrected chi connectivity index (χ0v) is 15.4. The van der Waals surface area contributed by atoms with Crippen LogP contribution in [-0.2, 0) is 22.9 Å². The first-order valence-electron chi connectivity index (χ1n) is 8.24. The lowest BCUT2D eigenvalue weighted by Gasteiger charge is -2.33. The van der Waals surface area contributed by atoms with Crippen LogP contribution < -0.4 is 0 Å². The zero-order chi connectivity index (χ0) is 16.6. The Kier molecular flexibility index (Phi) is 4.80. The lowest BCUT2D eigenvalue weighted by atomic mass is 9.87. The van der Waals surface area contributed by atoms with Crippen molar-refractivity contribution in [2.24, 2.45) is 5.92 Å². The van der Waals surface area contributed by atoms with E-state index in [0.29, 0.717) is 26.2 Å². The number of fused-ring (bicyclic) bond motifs is 1. The van der Waals surface area contributed by atoms with Crippen LogP contribution in [0.4, 0.5) is 0 Å². The summed E-state index contributed by atoms with van der Waals surface area (Å²) in [6.07, 6.45) is 5.84. The molecule has 0 radical (unpaired) electrons. The van der Waals surface area contributed by atoms with Gasteiger partial charge in [0.05, 0.1) is 11.1 Å². The predicted molar refractivity (Wildman–Crippen MR) is 92.4 cm³/mol. The van der Waals surface area contributed by atoms with Crippen LogP contribution in [0.5, 0.6) is 0 Å². The Hall–Kier alpha value is -0.920. The van der Waals surface area contributed by atoms with Crippen LogP contribution in [-0.4, -0.2) is 56.0 Å². The molecule has 128 valence electrons. The molecule has 1 aliphatic heterocycles. The van der Waals surface area contributed by atoms with Crippen LogP contribution in [0.1, 0.15) is 39.9 Å². The topological polar surface area (TPSA) is 57.7 Å². The molecule has 3 rings (SSSR count). The first kappa shape index (κ1) is 16.9. The van der Waals surface area contributed by atoms with Gasteiger partial charge in [0.1, 0.15) is 0 Å². The molecule has 1 aromatic rings. The number of sulfonamides is 1. The van der Waals surface area contributed by atoms with Gasteiger partial charge >= 0.3 is 0 Å². The molecule has 2 aliphatic rings. The van der Waals surface area contributed by atoms with Crippen molar-refractivity contribution in [1.82, 2.24) is 9.21 Å². The normalized spacial score (nSPS) is 22.9. The van der Waals surface area contributed by atoms with Gasteiger partial charge in [0.15, 0.2) is 0 Å². The minimum atomic E-state index is -3.15. The molecule has 5 nitrogen and oxygen atoms in total. The summed E-state index contributed by atoms with van der Waals surface area (Å²) < 4.78 is 24.5. The Morgan fingerprint density at radius 1 is 1.30 bits per heavy atom. The Morgan fingerprint density at radius 2 is 2.00 bits per heavy atom. The fraction of sp³-hybridized carbons (Fsp3) is 0.688. The minimum absolute atomic E-state index is 0.0607. The predicted octanol–water partition coefficient (Wildman–Crippen LogP) is 1.98. The van der Waals surface area contributed by atoms with Gasteiger partial charge in [-0.2, -0.15) is 4.31 Å². The van der Waals surface area contributed by atoms with E-state index in [9.17, 15) is 13.2 Å². The smallest absolute Gasteiger partial charge is 0.264 e. The molecular weight excluding hydrogens is 332 g/mol. The molecule has 7 heteroatoms. The molecule has 0 spiro atoms. The van der Waals surface area contributed by atoms with Crippen molar-refractivity contribution in [1.29, 1.82) is 0 Å². The van der Waals surface area contributed by atoms with Crippen LogP contribution in [0, 0.1) is 5.92 Å². The van der Waals surface area contributed by atoms with E-state index in [4.69, 9.17) is 0 Å². The van der Waals surface area contributed by atoms with Gasteiger partial charge < -0.3 is 4.90 Å². The van der Waals surface area contributed by atoms with Crippen molar-refractivity contribution < 1.29 is 13.2 Å². The van der Waals surface area contributed by atoms with Crippen LogP contribution >= 0.6 is 11.3 Å². The molecule has 2 heterocycles. The number of hydrogen-bond donors (Lipinski definition) is 0. The maximum absolute atomic E-state index is 12.7. The van der Waals surface area contributed by atoms with Gasteiger partial charge in [-0.15, -0.1) is 11.3 Å². The van der Waals surface area contributed by atoms with E-state index in [1.54, 1.807) is 16.2 Å². The molecule has 1 aliphatic carbocycles. The summed E-state index contributed by atoms with van der Waals surface area (Å²) in [5.74, 6) is 0.809. The Bertz CT molecular complexity index is 688. The number of amides is 1. The average molecular weight is 357 g/mol. The Morgan fingerprint density at radius 3 is 2.61 bits per heavy atom. The molecule has 1 atom stereocenters. The van der Waals surface area contributed by atoms with Gasteiger partial charge in [-0.25, -0.2) is 8.42 Å².